The van der Waals surface area contributed by atoms with Crippen molar-refractivity contribution in [2.24, 2.45) is 0 Å². The summed E-state index contributed by atoms with van der Waals surface area (Å²) in [5, 5.41) is 15.5. The number of nitrogens with two attached hydrogens (primary N) is 1. The van der Waals surface area contributed by atoms with Crippen LogP contribution in [-0.4, -0.2) is 55.4 Å². The van der Waals surface area contributed by atoms with Gasteiger partial charge in [-0.15, -0.1) is 5.10 Å². The highest BCUT2D eigenvalue weighted by Gasteiger charge is 2.26. The molecule has 0 aliphatic carbocycles. The Morgan fingerprint density at radius 3 is 2.41 bits per heavy atom. The maximum Gasteiger partial charge on any atom is 0.361 e. The van der Waals surface area contributed by atoms with Crippen LogP contribution in [0.4, 0.5) is 5.82 Å². The van der Waals surface area contributed by atoms with E-state index in [1.165, 1.54) is 4.68 Å². The summed E-state index contributed by atoms with van der Waals surface area (Å²) in [6.07, 6.45) is 4.03. The van der Waals surface area contributed by atoms with Crippen LogP contribution in [-0.2, 0) is 11.3 Å². The predicted molar refractivity (Wildman–Crippen MR) is 99.3 cm³/mol. The molecule has 2 N–H and O–H groups in total. The first kappa shape index (κ1) is 20.8. The number of nitrogens with zero attached hydrogens (tertiary/aromatic N) is 6. The van der Waals surface area contributed by atoms with Crippen molar-refractivity contribution in [3.8, 4) is 5.82 Å². The molecular formula is C17H29N7O3. The van der Waals surface area contributed by atoms with Crippen molar-refractivity contribution in [1.29, 1.82) is 0 Å². The fourth-order valence-electron chi connectivity index (χ4n) is 2.63. The van der Waals surface area contributed by atoms with Gasteiger partial charge in [-0.3, -0.25) is 4.90 Å². The van der Waals surface area contributed by atoms with Crippen molar-refractivity contribution < 1.29 is 14.2 Å². The van der Waals surface area contributed by atoms with Gasteiger partial charge in [-0.25, -0.2) is 9.42 Å². The number of rotatable bonds is 11. The fourth-order valence-corrected chi connectivity index (χ4v) is 2.63. The topological polar surface area (TPSA) is 125 Å². The van der Waals surface area contributed by atoms with E-state index in [0.717, 1.165) is 38.8 Å². The lowest BCUT2D eigenvalue weighted by atomic mass is 10.2. The van der Waals surface area contributed by atoms with Crippen LogP contribution in [0.15, 0.2) is 4.63 Å². The van der Waals surface area contributed by atoms with Crippen LogP contribution in [0.1, 0.15) is 69.6 Å². The first-order chi connectivity index (χ1) is 13.0. The van der Waals surface area contributed by atoms with Crippen molar-refractivity contribution in [1.82, 2.24) is 30.2 Å². The molecule has 0 aliphatic heterocycles. The first-order valence-corrected chi connectivity index (χ1v) is 9.44. The normalized spacial score (nSPS) is 11.5. The van der Waals surface area contributed by atoms with Gasteiger partial charge in [0.2, 0.25) is 11.6 Å². The smallest absolute Gasteiger partial charge is 0.361 e. The minimum Gasteiger partial charge on any atom is -0.458 e. The third-order valence-electron chi connectivity index (χ3n) is 4.02. The summed E-state index contributed by atoms with van der Waals surface area (Å²) < 4.78 is 11.4. The van der Waals surface area contributed by atoms with E-state index in [4.69, 9.17) is 10.5 Å². The van der Waals surface area contributed by atoms with Gasteiger partial charge in [-0.05, 0) is 50.1 Å². The standard InChI is InChI=1S/C17H29N7O3/c1-5-7-9-23(10-8-6-2)11-13-14(17(25)26-12(3)4)19-22-24(13)16-15(18)20-27-21-16/h12H,5-11H2,1-4H3,(H2,18,20). The predicted octanol–water partition coefficient (Wildman–Crippen LogP) is 2.20. The van der Waals surface area contributed by atoms with Crippen molar-refractivity contribution in [2.75, 3.05) is 18.8 Å². The lowest BCUT2D eigenvalue weighted by molar-refractivity contribution is 0.0368. The Morgan fingerprint density at radius 1 is 1.22 bits per heavy atom. The molecule has 0 radical (unpaired) electrons. The van der Waals surface area contributed by atoms with Crippen LogP contribution in [0.25, 0.3) is 5.82 Å². The molecule has 0 aliphatic rings. The number of aromatic nitrogens is 5. The third kappa shape index (κ3) is 5.49. The number of nitrogen functional groups attached to an aromatic ring is 1. The second-order valence-corrected chi connectivity index (χ2v) is 6.71. The molecule has 27 heavy (non-hydrogen) atoms. The van der Waals surface area contributed by atoms with Crippen LogP contribution in [0, 0.1) is 0 Å². The molecule has 0 saturated heterocycles. The van der Waals surface area contributed by atoms with E-state index in [9.17, 15) is 4.79 Å². The zero-order chi connectivity index (χ0) is 19.8. The number of hydrogen-bond acceptors (Lipinski definition) is 9. The molecule has 0 saturated carbocycles. The van der Waals surface area contributed by atoms with E-state index in [1.807, 2.05) is 0 Å². The lowest BCUT2D eigenvalue weighted by Crippen LogP contribution is -2.28. The van der Waals surface area contributed by atoms with Gasteiger partial charge >= 0.3 is 5.97 Å². The molecule has 10 nitrogen and oxygen atoms in total. The van der Waals surface area contributed by atoms with Crippen LogP contribution in [0.2, 0.25) is 0 Å². The quantitative estimate of drug-likeness (QED) is 0.585. The van der Waals surface area contributed by atoms with Gasteiger partial charge in [0, 0.05) is 6.54 Å². The van der Waals surface area contributed by atoms with Gasteiger partial charge in [-0.1, -0.05) is 31.9 Å². The Labute approximate surface area is 159 Å². The summed E-state index contributed by atoms with van der Waals surface area (Å²) in [6.45, 7) is 10.2. The number of unbranched alkanes of at least 4 members (excludes halogenated alkanes) is 2. The zero-order valence-electron chi connectivity index (χ0n) is 16.5. The highest BCUT2D eigenvalue weighted by molar-refractivity contribution is 5.88. The van der Waals surface area contributed by atoms with E-state index >= 15 is 0 Å². The number of carbonyl (C=O) groups is 1. The monoisotopic (exact) mass is 379 g/mol. The van der Waals surface area contributed by atoms with Gasteiger partial charge in [0.05, 0.1) is 11.8 Å². The Balaban J connectivity index is 2.37. The Morgan fingerprint density at radius 2 is 1.89 bits per heavy atom. The molecule has 0 bridgehead atoms. The lowest BCUT2D eigenvalue weighted by Gasteiger charge is -2.22. The van der Waals surface area contributed by atoms with Crippen LogP contribution in [0.5, 0.6) is 0 Å². The Hall–Kier alpha value is -2.49. The van der Waals surface area contributed by atoms with Gasteiger partial charge in [-0.2, -0.15) is 4.68 Å². The molecule has 0 fully saturated rings. The summed E-state index contributed by atoms with van der Waals surface area (Å²) in [5.41, 5.74) is 6.53. The van der Waals surface area contributed by atoms with Gasteiger partial charge in [0.25, 0.3) is 0 Å². The Bertz CT molecular complexity index is 718. The van der Waals surface area contributed by atoms with Crippen molar-refractivity contribution in [3.05, 3.63) is 11.4 Å². The average molecular weight is 379 g/mol. The van der Waals surface area contributed by atoms with E-state index in [0.29, 0.717) is 12.2 Å². The molecule has 10 heteroatoms. The molecule has 2 heterocycles. The number of anilines is 1. The van der Waals surface area contributed by atoms with E-state index in [2.05, 4.69) is 44.0 Å². The third-order valence-corrected chi connectivity index (χ3v) is 4.02. The van der Waals surface area contributed by atoms with Crippen molar-refractivity contribution in [2.45, 2.75) is 66.0 Å². The molecule has 2 rings (SSSR count). The summed E-state index contributed by atoms with van der Waals surface area (Å²) >= 11 is 0. The Kier molecular flexibility index (Phi) is 7.71. The molecule has 0 unspecified atom stereocenters. The highest BCUT2D eigenvalue weighted by atomic mass is 16.6. The molecule has 2 aromatic rings. The summed E-state index contributed by atoms with van der Waals surface area (Å²) in [7, 11) is 0. The van der Waals surface area contributed by atoms with Crippen molar-refractivity contribution >= 4 is 11.8 Å². The zero-order valence-corrected chi connectivity index (χ0v) is 16.5. The average Bonchev–Trinajstić information content (AvgIpc) is 3.22. The minimum atomic E-state index is -0.521. The van der Waals surface area contributed by atoms with E-state index < -0.39 is 5.97 Å². The molecule has 0 aromatic carbocycles. The molecule has 0 amide bonds. The fraction of sp³-hybridized carbons (Fsp3) is 0.706. The number of esters is 1. The number of carbonyl (C=O) groups excluding carboxylic acids is 1. The van der Waals surface area contributed by atoms with E-state index in [1.54, 1.807) is 13.8 Å². The second-order valence-electron chi connectivity index (χ2n) is 6.71. The summed E-state index contributed by atoms with van der Waals surface area (Å²) in [5.74, 6) is -0.224. The van der Waals surface area contributed by atoms with E-state index in [-0.39, 0.29) is 23.4 Å². The van der Waals surface area contributed by atoms with Crippen LogP contribution < -0.4 is 5.73 Å². The second kappa shape index (κ2) is 10.0. The highest BCUT2D eigenvalue weighted by Crippen LogP contribution is 2.19. The molecular weight excluding hydrogens is 350 g/mol. The molecule has 2 aromatic heterocycles. The SMILES string of the molecule is CCCCN(CCCC)Cc1c(C(=O)OC(C)C)nnn1-c1nonc1N. The summed E-state index contributed by atoms with van der Waals surface area (Å²) in [4.78, 5) is 14.8. The van der Waals surface area contributed by atoms with Gasteiger partial charge < -0.3 is 10.5 Å². The van der Waals surface area contributed by atoms with Crippen LogP contribution in [0.3, 0.4) is 0 Å². The first-order valence-electron chi connectivity index (χ1n) is 9.44. The summed E-state index contributed by atoms with van der Waals surface area (Å²) in [6, 6.07) is 0. The maximum absolute atomic E-state index is 12.5. The van der Waals surface area contributed by atoms with Gasteiger partial charge in [0.1, 0.15) is 0 Å². The molecule has 0 spiro atoms. The minimum absolute atomic E-state index is 0.0820. The van der Waals surface area contributed by atoms with Crippen LogP contribution >= 0.6 is 0 Å². The van der Waals surface area contributed by atoms with Gasteiger partial charge in [0.15, 0.2) is 5.69 Å². The molecule has 150 valence electrons. The number of hydrogen-bond donors (Lipinski definition) is 1. The maximum atomic E-state index is 12.5. The number of ether oxygens (including phenoxy) is 1. The molecule has 0 atom stereocenters. The van der Waals surface area contributed by atoms with Crippen molar-refractivity contribution in [3.63, 3.8) is 0 Å². The largest absolute Gasteiger partial charge is 0.458 e.